The van der Waals surface area contributed by atoms with Crippen LogP contribution in [0.3, 0.4) is 0 Å². The van der Waals surface area contributed by atoms with Crippen LogP contribution in [0.1, 0.15) is 17.9 Å². The molecule has 1 fully saturated rings. The first-order chi connectivity index (χ1) is 13.4. The maximum absolute atomic E-state index is 11.9. The summed E-state index contributed by atoms with van der Waals surface area (Å²) in [6.07, 6.45) is 0.533. The van der Waals surface area contributed by atoms with Crippen LogP contribution >= 0.6 is 35.0 Å². The number of fused-ring (bicyclic) bond motifs is 3. The molecule has 2 aromatic carbocycles. The summed E-state index contributed by atoms with van der Waals surface area (Å²) in [5, 5.41) is 24.2. The van der Waals surface area contributed by atoms with Crippen molar-refractivity contribution in [2.75, 3.05) is 5.32 Å². The molecule has 1 aliphatic carbocycles. The number of hydrogen-bond acceptors (Lipinski definition) is 5. The maximum atomic E-state index is 11.9. The third-order valence-electron chi connectivity index (χ3n) is 5.38. The number of nitro benzene ring substituents is 1. The number of hydrogen-bond donors (Lipinski definition) is 2. The molecule has 0 bridgehead atoms. The Morgan fingerprint density at radius 2 is 2.04 bits per heavy atom. The van der Waals surface area contributed by atoms with Crippen molar-refractivity contribution < 1.29 is 14.8 Å². The zero-order valence-electron chi connectivity index (χ0n) is 14.4. The summed E-state index contributed by atoms with van der Waals surface area (Å²) < 4.78 is 0. The Morgan fingerprint density at radius 3 is 2.75 bits per heavy atom. The summed E-state index contributed by atoms with van der Waals surface area (Å²) in [5.41, 5.74) is 1.66. The van der Waals surface area contributed by atoms with Gasteiger partial charge in [0.15, 0.2) is 0 Å². The summed E-state index contributed by atoms with van der Waals surface area (Å²) in [4.78, 5) is 23.3. The smallest absolute Gasteiger partial charge is 0.326 e. The number of aliphatic carboxylic acids is 1. The monoisotopic (exact) mass is 438 g/mol. The highest BCUT2D eigenvalue weighted by Crippen LogP contribution is 2.55. The number of rotatable bonds is 4. The quantitative estimate of drug-likeness (QED) is 0.396. The van der Waals surface area contributed by atoms with Gasteiger partial charge in [0.1, 0.15) is 6.04 Å². The predicted molar refractivity (Wildman–Crippen MR) is 110 cm³/mol. The maximum Gasteiger partial charge on any atom is 0.326 e. The molecule has 0 amide bonds. The van der Waals surface area contributed by atoms with Gasteiger partial charge in [-0.15, -0.1) is 23.4 Å². The number of nitrogens with zero attached hydrogens (tertiary/aromatic N) is 1. The lowest BCUT2D eigenvalue weighted by atomic mass is 9.79. The first-order valence-corrected chi connectivity index (χ1v) is 10.4. The Morgan fingerprint density at radius 1 is 1.29 bits per heavy atom. The summed E-state index contributed by atoms with van der Waals surface area (Å²) in [5.74, 6) is -1.36. The fraction of sp³-hybridized carbons (Fsp3) is 0.316. The fourth-order valence-electron chi connectivity index (χ4n) is 4.20. The molecule has 0 spiro atoms. The number of nitro groups is 1. The SMILES string of the molecule is O=C(O)[C@@H]1Nc2ccc(Cl)cc2[C@@H]2[C@H](Cl)[C@H](Sc3ccccc3[N+](=O)[O-])C[C@@H]21. The molecule has 1 saturated carbocycles. The van der Waals surface area contributed by atoms with Gasteiger partial charge in [-0.05, 0) is 42.2 Å². The lowest BCUT2D eigenvalue weighted by Gasteiger charge is -2.35. The minimum Gasteiger partial charge on any atom is -0.480 e. The van der Waals surface area contributed by atoms with Crippen molar-refractivity contribution in [3.05, 3.63) is 63.2 Å². The van der Waals surface area contributed by atoms with Crippen molar-refractivity contribution in [3.8, 4) is 0 Å². The lowest BCUT2D eigenvalue weighted by molar-refractivity contribution is -0.387. The van der Waals surface area contributed by atoms with E-state index in [4.69, 9.17) is 23.2 Å². The largest absolute Gasteiger partial charge is 0.480 e. The molecule has 6 nitrogen and oxygen atoms in total. The number of benzene rings is 2. The molecule has 2 aromatic rings. The van der Waals surface area contributed by atoms with Gasteiger partial charge in [-0.3, -0.25) is 10.1 Å². The summed E-state index contributed by atoms with van der Waals surface area (Å²) >= 11 is 14.3. The molecular formula is C19H16Cl2N2O4S. The van der Waals surface area contributed by atoms with E-state index in [2.05, 4.69) is 5.32 Å². The van der Waals surface area contributed by atoms with Gasteiger partial charge < -0.3 is 10.4 Å². The number of thioether (sulfide) groups is 1. The summed E-state index contributed by atoms with van der Waals surface area (Å²) in [6, 6.07) is 11.1. The van der Waals surface area contributed by atoms with E-state index in [1.54, 1.807) is 30.3 Å². The van der Waals surface area contributed by atoms with Crippen LogP contribution in [0.4, 0.5) is 11.4 Å². The Kier molecular flexibility index (Phi) is 5.16. The van der Waals surface area contributed by atoms with Crippen LogP contribution in [0.25, 0.3) is 0 Å². The average molecular weight is 439 g/mol. The van der Waals surface area contributed by atoms with E-state index in [-0.39, 0.29) is 28.2 Å². The molecule has 2 aliphatic rings. The molecule has 2 N–H and O–H groups in total. The third-order valence-corrected chi connectivity index (χ3v) is 7.73. The minimum atomic E-state index is -0.934. The molecule has 0 unspecified atom stereocenters. The van der Waals surface area contributed by atoms with Crippen molar-refractivity contribution >= 4 is 52.3 Å². The van der Waals surface area contributed by atoms with Crippen molar-refractivity contribution in [3.63, 3.8) is 0 Å². The molecular weight excluding hydrogens is 423 g/mol. The van der Waals surface area contributed by atoms with E-state index in [1.807, 2.05) is 6.07 Å². The number of halogens is 2. The van der Waals surface area contributed by atoms with Gasteiger partial charge in [-0.25, -0.2) is 4.79 Å². The summed E-state index contributed by atoms with van der Waals surface area (Å²) in [7, 11) is 0. The Balaban J connectivity index is 1.70. The minimum absolute atomic E-state index is 0.0302. The van der Waals surface area contributed by atoms with Gasteiger partial charge in [-0.2, -0.15) is 0 Å². The average Bonchev–Trinajstić information content (AvgIpc) is 2.98. The van der Waals surface area contributed by atoms with Crippen LogP contribution in [0, 0.1) is 16.0 Å². The van der Waals surface area contributed by atoms with Gasteiger partial charge in [0.05, 0.1) is 15.2 Å². The third kappa shape index (κ3) is 3.32. The van der Waals surface area contributed by atoms with E-state index in [9.17, 15) is 20.0 Å². The molecule has 28 heavy (non-hydrogen) atoms. The lowest BCUT2D eigenvalue weighted by Crippen LogP contribution is -2.42. The van der Waals surface area contributed by atoms with E-state index < -0.39 is 16.9 Å². The normalized spacial score (nSPS) is 28.1. The number of para-hydroxylation sites is 1. The molecule has 146 valence electrons. The number of alkyl halides is 1. The van der Waals surface area contributed by atoms with E-state index in [1.165, 1.54) is 17.8 Å². The number of carbonyl (C=O) groups is 1. The summed E-state index contributed by atoms with van der Waals surface area (Å²) in [6.45, 7) is 0. The van der Waals surface area contributed by atoms with E-state index >= 15 is 0 Å². The second-order valence-electron chi connectivity index (χ2n) is 6.94. The Hall–Kier alpha value is -1.96. The zero-order chi connectivity index (χ0) is 20.0. The van der Waals surface area contributed by atoms with Crippen LogP contribution in [0.5, 0.6) is 0 Å². The van der Waals surface area contributed by atoms with E-state index in [0.29, 0.717) is 16.3 Å². The molecule has 0 saturated heterocycles. The van der Waals surface area contributed by atoms with Gasteiger partial charge in [0.25, 0.3) is 5.69 Å². The number of carboxylic acids is 1. The molecule has 4 rings (SSSR count). The van der Waals surface area contributed by atoms with Crippen LogP contribution < -0.4 is 5.32 Å². The van der Waals surface area contributed by atoms with Gasteiger partial charge >= 0.3 is 5.97 Å². The van der Waals surface area contributed by atoms with Crippen molar-refractivity contribution in [1.82, 2.24) is 0 Å². The van der Waals surface area contributed by atoms with Crippen LogP contribution in [0.2, 0.25) is 5.02 Å². The van der Waals surface area contributed by atoms with Crippen LogP contribution in [-0.2, 0) is 4.79 Å². The highest BCUT2D eigenvalue weighted by molar-refractivity contribution is 8.00. The van der Waals surface area contributed by atoms with Gasteiger partial charge in [0.2, 0.25) is 0 Å². The standard InChI is InChI=1S/C19H16Cl2N2O4S/c20-9-5-6-12-10(7-9)16-11(18(22-12)19(24)25)8-15(17(16)21)28-14-4-2-1-3-13(14)23(26)27/h1-7,11,15-18,22H,8H2,(H,24,25)/t11-,15+,16-,17+,18+/m0/s1. The zero-order valence-corrected chi connectivity index (χ0v) is 16.7. The van der Waals surface area contributed by atoms with Crippen molar-refractivity contribution in [1.29, 1.82) is 0 Å². The van der Waals surface area contributed by atoms with Gasteiger partial charge in [-0.1, -0.05) is 23.7 Å². The second kappa shape index (κ2) is 7.46. The number of nitrogens with one attached hydrogen (secondary N) is 1. The van der Waals surface area contributed by atoms with Crippen LogP contribution in [0.15, 0.2) is 47.4 Å². The predicted octanol–water partition coefficient (Wildman–Crippen LogP) is 5.00. The Labute approximate surface area is 175 Å². The highest BCUT2D eigenvalue weighted by Gasteiger charge is 2.52. The Bertz CT molecular complexity index is 957. The van der Waals surface area contributed by atoms with Crippen LogP contribution in [-0.4, -0.2) is 32.7 Å². The molecule has 9 heteroatoms. The fourth-order valence-corrected chi connectivity index (χ4v) is 6.33. The second-order valence-corrected chi connectivity index (χ2v) is 9.16. The van der Waals surface area contributed by atoms with Crippen molar-refractivity contribution in [2.45, 2.75) is 33.9 Å². The molecule has 0 aromatic heterocycles. The highest BCUT2D eigenvalue weighted by atomic mass is 35.5. The van der Waals surface area contributed by atoms with E-state index in [0.717, 1.165) is 11.3 Å². The first-order valence-electron chi connectivity index (χ1n) is 8.69. The van der Waals surface area contributed by atoms with Crippen molar-refractivity contribution in [2.24, 2.45) is 5.92 Å². The topological polar surface area (TPSA) is 92.5 Å². The first kappa shape index (κ1) is 19.4. The number of carboxylic acid groups (broad SMARTS) is 1. The number of anilines is 1. The van der Waals surface area contributed by atoms with Gasteiger partial charge in [0, 0.05) is 27.9 Å². The molecule has 1 aliphatic heterocycles. The molecule has 1 heterocycles. The molecule has 5 atom stereocenters. The molecule has 0 radical (unpaired) electrons.